The molecule has 0 bridgehead atoms. The molecule has 0 spiro atoms. The Morgan fingerprint density at radius 3 is 2.79 bits per heavy atom. The van der Waals surface area contributed by atoms with Crippen LogP contribution in [0.25, 0.3) is 0 Å². The molecular weight excluding hydrogens is 192 g/mol. The van der Waals surface area contributed by atoms with Gasteiger partial charge < -0.3 is 5.11 Å². The van der Waals surface area contributed by atoms with Gasteiger partial charge >= 0.3 is 6.09 Å². The van der Waals surface area contributed by atoms with Crippen LogP contribution in [0.3, 0.4) is 0 Å². The lowest BCUT2D eigenvalue weighted by atomic mass is 10.9. The molecule has 0 unspecified atom stereocenters. The third kappa shape index (κ3) is 1.35. The van der Waals surface area contributed by atoms with E-state index < -0.39 is 6.09 Å². The van der Waals surface area contributed by atoms with E-state index >= 15 is 0 Å². The van der Waals surface area contributed by atoms with Gasteiger partial charge in [0.1, 0.15) is 12.7 Å². The zero-order chi connectivity index (χ0) is 9.97. The van der Waals surface area contributed by atoms with E-state index in [-0.39, 0.29) is 5.95 Å². The van der Waals surface area contributed by atoms with Gasteiger partial charge in [-0.15, -0.1) is 14.9 Å². The molecule has 0 aliphatic rings. The van der Waals surface area contributed by atoms with Crippen molar-refractivity contribution in [3.8, 4) is 0 Å². The van der Waals surface area contributed by atoms with Crippen molar-refractivity contribution in [2.75, 3.05) is 5.43 Å². The second kappa shape index (κ2) is 3.08. The number of hydrogen-bond donors (Lipinski definition) is 2. The van der Waals surface area contributed by atoms with E-state index in [4.69, 9.17) is 5.11 Å². The molecule has 0 atom stereocenters. The molecule has 14 heavy (non-hydrogen) atoms. The molecule has 0 amide bonds. The minimum Gasteiger partial charge on any atom is -0.463 e. The van der Waals surface area contributed by atoms with Gasteiger partial charge in [0.25, 0.3) is 5.95 Å². The first kappa shape index (κ1) is 8.10. The van der Waals surface area contributed by atoms with Crippen molar-refractivity contribution in [3.63, 3.8) is 0 Å². The van der Waals surface area contributed by atoms with E-state index in [1.807, 2.05) is 0 Å². The van der Waals surface area contributed by atoms with E-state index in [9.17, 15) is 4.79 Å². The molecule has 2 aromatic rings. The van der Waals surface area contributed by atoms with Crippen molar-refractivity contribution in [1.82, 2.24) is 35.1 Å². The summed E-state index contributed by atoms with van der Waals surface area (Å²) < 4.78 is 1.89. The number of carbonyl (C=O) groups is 1. The highest BCUT2D eigenvalue weighted by Crippen LogP contribution is 1.98. The molecule has 0 aromatic carbocycles. The minimum atomic E-state index is -1.29. The predicted molar refractivity (Wildman–Crippen MR) is 40.3 cm³/mol. The number of hydrogen-bond acceptors (Lipinski definition) is 7. The average Bonchev–Trinajstić information content (AvgIpc) is 2.75. The summed E-state index contributed by atoms with van der Waals surface area (Å²) in [7, 11) is 0. The van der Waals surface area contributed by atoms with Crippen molar-refractivity contribution >= 4 is 12.0 Å². The molecule has 2 rings (SSSR count). The smallest absolute Gasteiger partial charge is 0.437 e. The number of anilines is 1. The fourth-order valence-corrected chi connectivity index (χ4v) is 0.760. The second-order valence-corrected chi connectivity index (χ2v) is 2.18. The van der Waals surface area contributed by atoms with Gasteiger partial charge in [-0.1, -0.05) is 5.10 Å². The van der Waals surface area contributed by atoms with Gasteiger partial charge in [0.15, 0.2) is 0 Å². The van der Waals surface area contributed by atoms with Gasteiger partial charge in [0.2, 0.25) is 0 Å². The summed E-state index contributed by atoms with van der Waals surface area (Å²) in [6.07, 6.45) is 1.38. The molecule has 0 saturated heterocycles. The first-order valence-corrected chi connectivity index (χ1v) is 3.40. The Kier molecular flexibility index (Phi) is 1.78. The quantitative estimate of drug-likeness (QED) is 0.566. The molecule has 72 valence electrons. The van der Waals surface area contributed by atoms with Crippen LogP contribution in [0.5, 0.6) is 0 Å². The lowest BCUT2D eigenvalue weighted by molar-refractivity contribution is 0.192. The Balaban J connectivity index is 2.25. The summed E-state index contributed by atoms with van der Waals surface area (Å²) in [5, 5.41) is 25.5. The van der Waals surface area contributed by atoms with Crippen LogP contribution in [0.1, 0.15) is 0 Å². The molecule has 2 heterocycles. The molecule has 10 heteroatoms. The lowest BCUT2D eigenvalue weighted by Crippen LogP contribution is -2.17. The predicted octanol–water partition coefficient (Wildman–Crippen LogP) is -1.33. The van der Waals surface area contributed by atoms with Gasteiger partial charge in [-0.25, -0.2) is 9.47 Å². The number of carboxylic acid groups (broad SMARTS) is 1. The van der Waals surface area contributed by atoms with E-state index in [2.05, 4.69) is 31.1 Å². The fourth-order valence-electron chi connectivity index (χ4n) is 0.760. The van der Waals surface area contributed by atoms with Crippen LogP contribution >= 0.6 is 0 Å². The summed E-state index contributed by atoms with van der Waals surface area (Å²) in [4.78, 5) is 10.6. The Labute approximate surface area is 76.1 Å². The molecule has 0 radical (unpaired) electrons. The maximum absolute atomic E-state index is 10.6. The first-order valence-electron chi connectivity index (χ1n) is 3.40. The third-order valence-corrected chi connectivity index (χ3v) is 1.30. The number of aromatic nitrogens is 7. The Hall–Kier alpha value is -2.52. The monoisotopic (exact) mass is 196 g/mol. The number of nitrogens with zero attached hydrogens (tertiary/aromatic N) is 7. The molecule has 0 saturated carbocycles. The average molecular weight is 196 g/mol. The largest absolute Gasteiger partial charge is 0.463 e. The van der Waals surface area contributed by atoms with Gasteiger partial charge in [-0.2, -0.15) is 0 Å². The van der Waals surface area contributed by atoms with Crippen LogP contribution in [0.4, 0.5) is 10.7 Å². The van der Waals surface area contributed by atoms with Crippen LogP contribution in [-0.2, 0) is 0 Å². The molecule has 2 aromatic heterocycles. The maximum atomic E-state index is 10.6. The number of tetrazole rings is 1. The van der Waals surface area contributed by atoms with Gasteiger partial charge in [0.05, 0.1) is 0 Å². The summed E-state index contributed by atoms with van der Waals surface area (Å²) >= 11 is 0. The van der Waals surface area contributed by atoms with Crippen molar-refractivity contribution in [1.29, 1.82) is 0 Å². The van der Waals surface area contributed by atoms with Crippen molar-refractivity contribution in [2.45, 2.75) is 0 Å². The van der Waals surface area contributed by atoms with E-state index in [1.165, 1.54) is 17.3 Å². The molecule has 0 aliphatic heterocycles. The standard InChI is InChI=1S/C4H4N8O2/c13-4(14)12-3(7-9-10-12)8-11-1-5-6-2-11/h1-2H,(H,13,14)(H,7,8,10). The SMILES string of the molecule is O=C(O)n1nnnc1Nn1cnnc1. The normalized spacial score (nSPS) is 10.0. The number of nitrogens with one attached hydrogen (secondary N) is 1. The third-order valence-electron chi connectivity index (χ3n) is 1.30. The molecule has 10 nitrogen and oxygen atoms in total. The Bertz CT molecular complexity index is 432. The summed E-state index contributed by atoms with van der Waals surface area (Å²) in [5.41, 5.74) is 2.55. The first-order chi connectivity index (χ1) is 6.77. The van der Waals surface area contributed by atoms with Gasteiger partial charge in [0, 0.05) is 0 Å². The molecule has 0 fully saturated rings. The highest BCUT2D eigenvalue weighted by Gasteiger charge is 2.11. The maximum Gasteiger partial charge on any atom is 0.437 e. The Morgan fingerprint density at radius 2 is 2.14 bits per heavy atom. The van der Waals surface area contributed by atoms with Crippen LogP contribution in [0.15, 0.2) is 12.7 Å². The van der Waals surface area contributed by atoms with Crippen LogP contribution in [-0.4, -0.2) is 46.3 Å². The van der Waals surface area contributed by atoms with Crippen molar-refractivity contribution in [2.24, 2.45) is 0 Å². The van der Waals surface area contributed by atoms with Crippen LogP contribution < -0.4 is 5.43 Å². The highest BCUT2D eigenvalue weighted by atomic mass is 16.4. The highest BCUT2D eigenvalue weighted by molar-refractivity contribution is 5.69. The van der Waals surface area contributed by atoms with E-state index in [1.54, 1.807) is 0 Å². The van der Waals surface area contributed by atoms with Crippen molar-refractivity contribution < 1.29 is 9.90 Å². The molecule has 2 N–H and O–H groups in total. The zero-order valence-electron chi connectivity index (χ0n) is 6.64. The van der Waals surface area contributed by atoms with Crippen molar-refractivity contribution in [3.05, 3.63) is 12.7 Å². The van der Waals surface area contributed by atoms with E-state index in [0.29, 0.717) is 4.68 Å². The minimum absolute atomic E-state index is 0.0442. The van der Waals surface area contributed by atoms with Gasteiger partial charge in [-0.05, 0) is 10.4 Å². The summed E-state index contributed by atoms with van der Waals surface area (Å²) in [6, 6.07) is 0. The van der Waals surface area contributed by atoms with Gasteiger partial charge in [-0.3, -0.25) is 5.43 Å². The fraction of sp³-hybridized carbons (Fsp3) is 0. The zero-order valence-corrected chi connectivity index (χ0v) is 6.64. The number of rotatable bonds is 2. The molecule has 0 aliphatic carbocycles. The molecular formula is C4H4N8O2. The van der Waals surface area contributed by atoms with Crippen LogP contribution in [0, 0.1) is 0 Å². The lowest BCUT2D eigenvalue weighted by Gasteiger charge is -2.01. The van der Waals surface area contributed by atoms with Crippen LogP contribution in [0.2, 0.25) is 0 Å². The second-order valence-electron chi connectivity index (χ2n) is 2.18. The van der Waals surface area contributed by atoms with E-state index in [0.717, 1.165) is 0 Å². The summed E-state index contributed by atoms with van der Waals surface area (Å²) in [5.74, 6) is -0.0442. The summed E-state index contributed by atoms with van der Waals surface area (Å²) in [6.45, 7) is 0. The topological polar surface area (TPSA) is 124 Å². The Morgan fingerprint density at radius 1 is 1.43 bits per heavy atom.